The number of nitrogens with zero attached hydrogens (tertiary/aromatic N) is 4. The van der Waals surface area contributed by atoms with E-state index in [1.165, 1.54) is 12.3 Å². The number of hydrogen-bond donors (Lipinski definition) is 1. The molecule has 0 bridgehead atoms. The molecule has 1 saturated heterocycles. The molecule has 2 fully saturated rings. The van der Waals surface area contributed by atoms with Gasteiger partial charge in [-0.1, -0.05) is 5.18 Å². The van der Waals surface area contributed by atoms with Gasteiger partial charge in [0.15, 0.2) is 0 Å². The number of hydrogen-bond acceptors (Lipinski definition) is 6. The van der Waals surface area contributed by atoms with E-state index in [9.17, 15) is 24.0 Å². The number of fused-ring (bicyclic) bond motifs is 1. The molecule has 1 unspecified atom stereocenters. The summed E-state index contributed by atoms with van der Waals surface area (Å²) in [5, 5.41) is 12.5. The summed E-state index contributed by atoms with van der Waals surface area (Å²) in [5.41, 5.74) is 0.0379. The zero-order valence-corrected chi connectivity index (χ0v) is 16.9. The quantitative estimate of drug-likeness (QED) is 0.698. The number of rotatable bonds is 7. The number of halogens is 1. The first-order valence-corrected chi connectivity index (χ1v) is 10.3. The van der Waals surface area contributed by atoms with Crippen molar-refractivity contribution >= 4 is 22.6 Å². The summed E-state index contributed by atoms with van der Waals surface area (Å²) in [6.07, 6.45) is 3.92. The van der Waals surface area contributed by atoms with E-state index < -0.39 is 17.2 Å². The molecule has 2 aromatic rings. The van der Waals surface area contributed by atoms with Gasteiger partial charge in [-0.15, -0.1) is 0 Å². The van der Waals surface area contributed by atoms with E-state index >= 15 is 0 Å². The van der Waals surface area contributed by atoms with Crippen LogP contribution in [0.1, 0.15) is 42.6 Å². The lowest BCUT2D eigenvalue weighted by atomic mass is 10.1. The number of aromatic carboxylic acids is 1. The maximum absolute atomic E-state index is 15.0. The third-order valence-electron chi connectivity index (χ3n) is 6.03. The second kappa shape index (κ2) is 8.14. The van der Waals surface area contributed by atoms with Gasteiger partial charge < -0.3 is 14.6 Å². The first-order valence-electron chi connectivity index (χ1n) is 10.3. The summed E-state index contributed by atoms with van der Waals surface area (Å²) in [7, 11) is 0. The Balaban J connectivity index is 1.62. The Morgan fingerprint density at radius 3 is 2.57 bits per heavy atom. The number of piperazine rings is 1. The van der Waals surface area contributed by atoms with Crippen molar-refractivity contribution in [2.45, 2.75) is 38.3 Å². The highest BCUT2D eigenvalue weighted by molar-refractivity contribution is 5.93. The van der Waals surface area contributed by atoms with Gasteiger partial charge >= 0.3 is 5.97 Å². The van der Waals surface area contributed by atoms with Crippen LogP contribution in [0.4, 0.5) is 10.1 Å². The normalized spacial score (nSPS) is 18.5. The Morgan fingerprint density at radius 2 is 1.97 bits per heavy atom. The van der Waals surface area contributed by atoms with Gasteiger partial charge in [-0.25, -0.2) is 9.18 Å². The van der Waals surface area contributed by atoms with E-state index in [2.05, 4.69) is 10.1 Å². The molecule has 2 aliphatic rings. The molecule has 4 rings (SSSR count). The van der Waals surface area contributed by atoms with Gasteiger partial charge in [0.1, 0.15) is 11.4 Å². The molecule has 1 atom stereocenters. The minimum Gasteiger partial charge on any atom is -0.477 e. The van der Waals surface area contributed by atoms with Crippen molar-refractivity contribution in [1.29, 1.82) is 0 Å². The van der Waals surface area contributed by atoms with Gasteiger partial charge in [-0.2, -0.15) is 4.91 Å². The molecular weight excluding hydrogens is 391 g/mol. The largest absolute Gasteiger partial charge is 0.477 e. The van der Waals surface area contributed by atoms with Crippen molar-refractivity contribution in [3.63, 3.8) is 0 Å². The van der Waals surface area contributed by atoms with Crippen LogP contribution in [-0.2, 0) is 0 Å². The molecule has 160 valence electrons. The smallest absolute Gasteiger partial charge is 0.341 e. The van der Waals surface area contributed by atoms with Crippen LogP contribution in [0.25, 0.3) is 10.9 Å². The van der Waals surface area contributed by atoms with Crippen LogP contribution in [0.15, 0.2) is 28.3 Å². The molecule has 1 aliphatic heterocycles. The highest BCUT2D eigenvalue weighted by atomic mass is 19.1. The second-order valence-electron chi connectivity index (χ2n) is 8.21. The summed E-state index contributed by atoms with van der Waals surface area (Å²) in [5.74, 6) is -1.81. The monoisotopic (exact) mass is 416 g/mol. The van der Waals surface area contributed by atoms with E-state index in [0.29, 0.717) is 30.7 Å². The summed E-state index contributed by atoms with van der Waals surface area (Å²) >= 11 is 0. The summed E-state index contributed by atoms with van der Waals surface area (Å²) in [6.45, 7) is 5.33. The number of carboxylic acids is 1. The summed E-state index contributed by atoms with van der Waals surface area (Å²) in [4.78, 5) is 38.8. The number of benzene rings is 1. The fourth-order valence-corrected chi connectivity index (χ4v) is 4.04. The van der Waals surface area contributed by atoms with E-state index in [-0.39, 0.29) is 23.0 Å². The van der Waals surface area contributed by atoms with Gasteiger partial charge in [0.2, 0.25) is 5.43 Å². The van der Waals surface area contributed by atoms with Crippen molar-refractivity contribution in [2.75, 3.05) is 37.6 Å². The minimum atomic E-state index is -1.30. The van der Waals surface area contributed by atoms with Crippen LogP contribution < -0.4 is 10.3 Å². The summed E-state index contributed by atoms with van der Waals surface area (Å²) in [6, 6.07) is 2.80. The highest BCUT2D eigenvalue weighted by Gasteiger charge is 2.28. The second-order valence-corrected chi connectivity index (χ2v) is 8.21. The van der Waals surface area contributed by atoms with E-state index in [1.54, 1.807) is 13.0 Å². The van der Waals surface area contributed by atoms with E-state index in [0.717, 1.165) is 32.5 Å². The first kappa shape index (κ1) is 20.5. The molecule has 9 heteroatoms. The SMILES string of the molecule is CC(CCN1CCN(c2cc3c(cc2F)c(=O)c(C(=O)O)cn3C2CC2)CC1)N=O. The number of aromatic nitrogens is 1. The number of anilines is 1. The molecule has 2 heterocycles. The van der Waals surface area contributed by atoms with Crippen molar-refractivity contribution < 1.29 is 14.3 Å². The molecule has 1 saturated carbocycles. The fraction of sp³-hybridized carbons (Fsp3) is 0.524. The van der Waals surface area contributed by atoms with Crippen LogP contribution in [0.3, 0.4) is 0 Å². The number of carboxylic acid groups (broad SMARTS) is 1. The summed E-state index contributed by atoms with van der Waals surface area (Å²) < 4.78 is 16.8. The van der Waals surface area contributed by atoms with Crippen LogP contribution in [0.2, 0.25) is 0 Å². The van der Waals surface area contributed by atoms with Crippen molar-refractivity contribution in [3.05, 3.63) is 44.8 Å². The van der Waals surface area contributed by atoms with Crippen LogP contribution in [-0.4, -0.2) is 59.3 Å². The van der Waals surface area contributed by atoms with Gasteiger partial charge in [-0.05, 0) is 38.3 Å². The topological polar surface area (TPSA) is 95.2 Å². The zero-order valence-electron chi connectivity index (χ0n) is 16.9. The molecule has 1 N–H and O–H groups in total. The average molecular weight is 416 g/mol. The van der Waals surface area contributed by atoms with Gasteiger partial charge in [0, 0.05) is 50.3 Å². The Morgan fingerprint density at radius 1 is 1.27 bits per heavy atom. The molecule has 30 heavy (non-hydrogen) atoms. The predicted molar refractivity (Wildman–Crippen MR) is 112 cm³/mol. The number of nitroso groups, excluding NO2 is 1. The third-order valence-corrected chi connectivity index (χ3v) is 6.03. The lowest BCUT2D eigenvalue weighted by Gasteiger charge is -2.36. The standard InChI is InChI=1S/C21H25FN4O4/c1-13(23-30)4-5-24-6-8-25(9-7-24)19-11-18-15(10-17(19)22)20(27)16(21(28)29)12-26(18)14-2-3-14/h10-14H,2-9H2,1H3,(H,28,29). The molecule has 8 nitrogen and oxygen atoms in total. The maximum atomic E-state index is 15.0. The minimum absolute atomic E-state index is 0.108. The van der Waals surface area contributed by atoms with Crippen molar-refractivity contribution in [2.24, 2.45) is 5.18 Å². The van der Waals surface area contributed by atoms with E-state index in [4.69, 9.17) is 0 Å². The number of carbonyl (C=O) groups is 1. The Kier molecular flexibility index (Phi) is 5.55. The molecular formula is C21H25FN4O4. The van der Waals surface area contributed by atoms with Gasteiger partial charge in [0.25, 0.3) is 0 Å². The van der Waals surface area contributed by atoms with Gasteiger partial charge in [-0.3, -0.25) is 9.69 Å². The maximum Gasteiger partial charge on any atom is 0.341 e. The Labute approximate surface area is 172 Å². The van der Waals surface area contributed by atoms with Crippen molar-refractivity contribution in [3.8, 4) is 0 Å². The molecule has 0 radical (unpaired) electrons. The van der Waals surface area contributed by atoms with Crippen LogP contribution in [0, 0.1) is 10.7 Å². The zero-order chi connectivity index (χ0) is 21.4. The molecule has 0 amide bonds. The van der Waals surface area contributed by atoms with Gasteiger partial charge in [0.05, 0.1) is 17.2 Å². The third kappa shape index (κ3) is 3.94. The molecule has 0 spiro atoms. The number of pyridine rings is 1. The lowest BCUT2D eigenvalue weighted by molar-refractivity contribution is 0.0695. The van der Waals surface area contributed by atoms with Crippen LogP contribution in [0.5, 0.6) is 0 Å². The Hall–Kier alpha value is -2.81. The molecule has 1 aromatic heterocycles. The average Bonchev–Trinajstić information content (AvgIpc) is 3.57. The fourth-order valence-electron chi connectivity index (χ4n) is 4.04. The predicted octanol–water partition coefficient (Wildman–Crippen LogP) is 2.84. The lowest BCUT2D eigenvalue weighted by Crippen LogP contribution is -2.47. The molecule has 1 aromatic carbocycles. The van der Waals surface area contributed by atoms with Crippen molar-refractivity contribution in [1.82, 2.24) is 9.47 Å². The first-order chi connectivity index (χ1) is 14.4. The van der Waals surface area contributed by atoms with E-state index in [1.807, 2.05) is 9.47 Å². The Bertz CT molecular complexity index is 1040. The molecule has 1 aliphatic carbocycles. The highest BCUT2D eigenvalue weighted by Crippen LogP contribution is 2.38. The van der Waals surface area contributed by atoms with Crippen LogP contribution >= 0.6 is 0 Å².